The second kappa shape index (κ2) is 7.20. The van der Waals surface area contributed by atoms with Gasteiger partial charge in [-0.25, -0.2) is 0 Å². The van der Waals surface area contributed by atoms with E-state index in [2.05, 4.69) is 10.1 Å². The van der Waals surface area contributed by atoms with Crippen molar-refractivity contribution in [2.24, 2.45) is 0 Å². The molecule has 0 bridgehead atoms. The molecule has 2 rings (SSSR count). The average molecular weight is 297 g/mol. The molecule has 0 radical (unpaired) electrons. The topological polar surface area (TPSA) is 58.6 Å². The Labute approximate surface area is 124 Å². The van der Waals surface area contributed by atoms with Crippen LogP contribution in [-0.2, 0) is 22.5 Å². The highest BCUT2D eigenvalue weighted by atomic mass is 32.1. The molecule has 0 amide bonds. The lowest BCUT2D eigenvalue weighted by atomic mass is 9.85. The molecule has 0 atom stereocenters. The van der Waals surface area contributed by atoms with E-state index in [9.17, 15) is 9.90 Å². The lowest BCUT2D eigenvalue weighted by Crippen LogP contribution is -2.41. The minimum atomic E-state index is -0.523. The highest BCUT2D eigenvalue weighted by Gasteiger charge is 2.28. The molecule has 0 aromatic carbocycles. The number of ether oxygens (including phenoxy) is 1. The highest BCUT2D eigenvalue weighted by Crippen LogP contribution is 2.27. The molecule has 0 spiro atoms. The number of thiophene rings is 1. The molecule has 1 aromatic rings. The van der Waals surface area contributed by atoms with Gasteiger partial charge in [-0.1, -0.05) is 19.3 Å². The van der Waals surface area contributed by atoms with Crippen molar-refractivity contribution in [3.8, 4) is 0 Å². The van der Waals surface area contributed by atoms with Crippen LogP contribution in [0, 0.1) is 0 Å². The molecule has 1 saturated carbocycles. The van der Waals surface area contributed by atoms with Crippen molar-refractivity contribution in [2.45, 2.75) is 50.7 Å². The molecule has 1 aliphatic rings. The van der Waals surface area contributed by atoms with E-state index >= 15 is 0 Å². The van der Waals surface area contributed by atoms with E-state index in [1.165, 1.54) is 18.4 Å². The van der Waals surface area contributed by atoms with Gasteiger partial charge >= 0.3 is 5.97 Å². The fourth-order valence-electron chi connectivity index (χ4n) is 2.63. The summed E-state index contributed by atoms with van der Waals surface area (Å²) in [7, 11) is 1.41. The van der Waals surface area contributed by atoms with E-state index in [-0.39, 0.29) is 5.97 Å². The Bertz CT molecular complexity index is 438. The monoisotopic (exact) mass is 297 g/mol. The van der Waals surface area contributed by atoms with Crippen LogP contribution in [0.25, 0.3) is 0 Å². The normalized spacial score (nSPS) is 17.9. The zero-order valence-corrected chi connectivity index (χ0v) is 12.8. The molecule has 0 unspecified atom stereocenters. The molecule has 2 N–H and O–H groups in total. The Morgan fingerprint density at radius 3 is 2.75 bits per heavy atom. The lowest BCUT2D eigenvalue weighted by molar-refractivity contribution is -0.139. The number of nitrogens with one attached hydrogen (secondary N) is 1. The van der Waals surface area contributed by atoms with Crippen molar-refractivity contribution < 1.29 is 14.6 Å². The average Bonchev–Trinajstić information content (AvgIpc) is 2.86. The number of rotatable bonds is 6. The molecule has 1 aromatic heterocycles. The number of carbonyl (C=O) groups excluding carboxylic acids is 1. The van der Waals surface area contributed by atoms with Gasteiger partial charge in [0.25, 0.3) is 0 Å². The van der Waals surface area contributed by atoms with Crippen LogP contribution >= 0.6 is 11.3 Å². The fourth-order valence-corrected chi connectivity index (χ4v) is 3.60. The molecular formula is C15H23NO3S. The van der Waals surface area contributed by atoms with Gasteiger partial charge in [0.2, 0.25) is 0 Å². The van der Waals surface area contributed by atoms with Crippen molar-refractivity contribution in [2.75, 3.05) is 13.7 Å². The van der Waals surface area contributed by atoms with Crippen LogP contribution in [-0.4, -0.2) is 30.3 Å². The van der Waals surface area contributed by atoms with Crippen LogP contribution in [0.5, 0.6) is 0 Å². The first-order valence-electron chi connectivity index (χ1n) is 7.19. The maximum absolute atomic E-state index is 11.2. The van der Waals surface area contributed by atoms with Gasteiger partial charge in [-0.3, -0.25) is 4.79 Å². The molecule has 1 aliphatic carbocycles. The Hall–Kier alpha value is -0.910. The Balaban J connectivity index is 1.75. The van der Waals surface area contributed by atoms with E-state index in [1.807, 2.05) is 12.1 Å². The van der Waals surface area contributed by atoms with Gasteiger partial charge in [0.15, 0.2) is 0 Å². The molecule has 5 heteroatoms. The molecule has 112 valence electrons. The molecule has 0 aliphatic heterocycles. The Morgan fingerprint density at radius 1 is 1.35 bits per heavy atom. The van der Waals surface area contributed by atoms with Gasteiger partial charge in [-0.15, -0.1) is 11.3 Å². The standard InChI is InChI=1S/C15H23NO3S/c1-19-14(17)9-12-5-6-13(20-12)10-16-11-15(18)7-3-2-4-8-15/h5-6,16,18H,2-4,7-11H2,1H3. The molecule has 20 heavy (non-hydrogen) atoms. The van der Waals surface area contributed by atoms with Gasteiger partial charge in [0.1, 0.15) is 0 Å². The number of carbonyl (C=O) groups is 1. The zero-order chi connectivity index (χ0) is 14.4. The van der Waals surface area contributed by atoms with Crippen molar-refractivity contribution in [1.29, 1.82) is 0 Å². The molecular weight excluding hydrogens is 274 g/mol. The van der Waals surface area contributed by atoms with Crippen LogP contribution in [0.4, 0.5) is 0 Å². The number of methoxy groups -OCH3 is 1. The van der Waals surface area contributed by atoms with Crippen LogP contribution < -0.4 is 5.32 Å². The summed E-state index contributed by atoms with van der Waals surface area (Å²) in [5.74, 6) is -0.206. The summed E-state index contributed by atoms with van der Waals surface area (Å²) in [6.45, 7) is 1.39. The Kier molecular flexibility index (Phi) is 5.57. The predicted octanol–water partition coefficient (Wildman–Crippen LogP) is 2.25. The number of hydrogen-bond acceptors (Lipinski definition) is 5. The second-order valence-corrected chi connectivity index (χ2v) is 6.76. The third-order valence-corrected chi connectivity index (χ3v) is 4.89. The van der Waals surface area contributed by atoms with Gasteiger partial charge in [0, 0.05) is 22.8 Å². The van der Waals surface area contributed by atoms with Crippen LogP contribution in [0.15, 0.2) is 12.1 Å². The number of aliphatic hydroxyl groups is 1. The largest absolute Gasteiger partial charge is 0.469 e. The maximum Gasteiger partial charge on any atom is 0.310 e. The van der Waals surface area contributed by atoms with Crippen LogP contribution in [0.3, 0.4) is 0 Å². The molecule has 1 fully saturated rings. The van der Waals surface area contributed by atoms with Gasteiger partial charge < -0.3 is 15.2 Å². The summed E-state index contributed by atoms with van der Waals surface area (Å²) in [6.07, 6.45) is 5.63. The van der Waals surface area contributed by atoms with Crippen molar-refractivity contribution >= 4 is 17.3 Å². The fraction of sp³-hybridized carbons (Fsp3) is 0.667. The first-order chi connectivity index (χ1) is 9.61. The molecule has 4 nitrogen and oxygen atoms in total. The summed E-state index contributed by atoms with van der Waals surface area (Å²) in [5.41, 5.74) is -0.523. The third-order valence-electron chi connectivity index (χ3n) is 3.80. The van der Waals surface area contributed by atoms with Gasteiger partial charge in [-0.05, 0) is 25.0 Å². The maximum atomic E-state index is 11.2. The van der Waals surface area contributed by atoms with Crippen molar-refractivity contribution in [3.05, 3.63) is 21.9 Å². The van der Waals surface area contributed by atoms with Crippen LogP contribution in [0.2, 0.25) is 0 Å². The minimum absolute atomic E-state index is 0.206. The summed E-state index contributed by atoms with van der Waals surface area (Å²) in [5, 5.41) is 13.7. The van der Waals surface area contributed by atoms with E-state index in [0.29, 0.717) is 13.0 Å². The number of hydrogen-bond donors (Lipinski definition) is 2. The number of esters is 1. The van der Waals surface area contributed by atoms with Crippen molar-refractivity contribution in [1.82, 2.24) is 5.32 Å². The smallest absolute Gasteiger partial charge is 0.310 e. The summed E-state index contributed by atoms with van der Waals surface area (Å²) < 4.78 is 4.66. The SMILES string of the molecule is COC(=O)Cc1ccc(CNCC2(O)CCCCC2)s1. The zero-order valence-electron chi connectivity index (χ0n) is 12.0. The van der Waals surface area contributed by atoms with Crippen molar-refractivity contribution in [3.63, 3.8) is 0 Å². The quantitative estimate of drug-likeness (QED) is 0.791. The summed E-state index contributed by atoms with van der Waals surface area (Å²) >= 11 is 1.62. The van der Waals surface area contributed by atoms with Gasteiger partial charge in [0.05, 0.1) is 19.1 Å². The summed E-state index contributed by atoms with van der Waals surface area (Å²) in [6, 6.07) is 3.99. The predicted molar refractivity (Wildman–Crippen MR) is 79.8 cm³/mol. The van der Waals surface area contributed by atoms with E-state index in [0.717, 1.165) is 37.1 Å². The van der Waals surface area contributed by atoms with E-state index < -0.39 is 5.60 Å². The second-order valence-electron chi connectivity index (χ2n) is 5.51. The van der Waals surface area contributed by atoms with E-state index in [4.69, 9.17) is 0 Å². The first-order valence-corrected chi connectivity index (χ1v) is 8.00. The van der Waals surface area contributed by atoms with Gasteiger partial charge in [-0.2, -0.15) is 0 Å². The summed E-state index contributed by atoms with van der Waals surface area (Å²) in [4.78, 5) is 13.4. The lowest BCUT2D eigenvalue weighted by Gasteiger charge is -2.32. The molecule has 0 saturated heterocycles. The first kappa shape index (κ1) is 15.5. The highest BCUT2D eigenvalue weighted by molar-refractivity contribution is 7.12. The van der Waals surface area contributed by atoms with Crippen LogP contribution in [0.1, 0.15) is 41.9 Å². The van der Waals surface area contributed by atoms with E-state index in [1.54, 1.807) is 11.3 Å². The molecule has 1 heterocycles. The third kappa shape index (κ3) is 4.58. The minimum Gasteiger partial charge on any atom is -0.469 e. The Morgan fingerprint density at radius 2 is 2.05 bits per heavy atom.